The molecule has 0 N–H and O–H groups in total. The highest BCUT2D eigenvalue weighted by Gasteiger charge is 2.20. The maximum Gasteiger partial charge on any atom is 0.229 e. The Morgan fingerprint density at radius 1 is 1.00 bits per heavy atom. The van der Waals surface area contributed by atoms with Gasteiger partial charge in [0.2, 0.25) is 5.24 Å². The SMILES string of the molecule is O=C(Cl)C(Cc1ccccc1Cl)c1ccc(Cl)cc1. The Kier molecular flexibility index (Phi) is 4.87. The van der Waals surface area contributed by atoms with E-state index in [4.69, 9.17) is 34.8 Å². The summed E-state index contributed by atoms with van der Waals surface area (Å²) in [6.45, 7) is 0. The van der Waals surface area contributed by atoms with Gasteiger partial charge in [0.05, 0.1) is 5.92 Å². The molecule has 1 atom stereocenters. The Morgan fingerprint density at radius 3 is 2.21 bits per heavy atom. The van der Waals surface area contributed by atoms with Crippen LogP contribution in [0.15, 0.2) is 48.5 Å². The van der Waals surface area contributed by atoms with E-state index in [0.29, 0.717) is 16.5 Å². The predicted molar refractivity (Wildman–Crippen MR) is 80.2 cm³/mol. The Labute approximate surface area is 127 Å². The van der Waals surface area contributed by atoms with E-state index in [9.17, 15) is 4.79 Å². The molecule has 2 rings (SSSR count). The summed E-state index contributed by atoms with van der Waals surface area (Å²) in [5, 5.41) is 0.865. The van der Waals surface area contributed by atoms with Crippen molar-refractivity contribution in [2.24, 2.45) is 0 Å². The first-order chi connectivity index (χ1) is 9.08. The Balaban J connectivity index is 2.29. The molecule has 0 aromatic heterocycles. The zero-order valence-corrected chi connectivity index (χ0v) is 12.2. The highest BCUT2D eigenvalue weighted by molar-refractivity contribution is 6.64. The standard InChI is InChI=1S/C15H11Cl3O/c16-12-7-5-10(6-8-12)13(15(18)19)9-11-3-1-2-4-14(11)17/h1-8,13H,9H2. The van der Waals surface area contributed by atoms with Crippen LogP contribution in [0.25, 0.3) is 0 Å². The van der Waals surface area contributed by atoms with Crippen LogP contribution >= 0.6 is 34.8 Å². The zero-order chi connectivity index (χ0) is 13.8. The molecule has 0 fully saturated rings. The lowest BCUT2D eigenvalue weighted by atomic mass is 9.93. The average molecular weight is 314 g/mol. The summed E-state index contributed by atoms with van der Waals surface area (Å²) in [7, 11) is 0. The quantitative estimate of drug-likeness (QED) is 0.719. The fraction of sp³-hybridized carbons (Fsp3) is 0.133. The van der Waals surface area contributed by atoms with Crippen molar-refractivity contribution in [3.8, 4) is 0 Å². The molecule has 4 heteroatoms. The Bertz CT molecular complexity index is 578. The van der Waals surface area contributed by atoms with E-state index >= 15 is 0 Å². The molecule has 19 heavy (non-hydrogen) atoms. The average Bonchev–Trinajstić information content (AvgIpc) is 2.39. The van der Waals surface area contributed by atoms with Gasteiger partial charge in [-0.3, -0.25) is 4.79 Å². The predicted octanol–water partition coefficient (Wildman–Crippen LogP) is 5.09. The smallest absolute Gasteiger partial charge is 0.229 e. The molecule has 0 bridgehead atoms. The van der Waals surface area contributed by atoms with Crippen LogP contribution in [-0.2, 0) is 11.2 Å². The normalized spacial score (nSPS) is 12.2. The van der Waals surface area contributed by atoms with Crippen molar-refractivity contribution in [3.05, 3.63) is 69.7 Å². The summed E-state index contributed by atoms with van der Waals surface area (Å²) < 4.78 is 0. The number of halogens is 3. The molecule has 98 valence electrons. The summed E-state index contributed by atoms with van der Waals surface area (Å²) >= 11 is 17.7. The highest BCUT2D eigenvalue weighted by atomic mass is 35.5. The van der Waals surface area contributed by atoms with Gasteiger partial charge in [0.25, 0.3) is 0 Å². The van der Waals surface area contributed by atoms with Crippen molar-refractivity contribution in [2.45, 2.75) is 12.3 Å². The molecule has 0 saturated heterocycles. The van der Waals surface area contributed by atoms with Gasteiger partial charge in [-0.05, 0) is 47.3 Å². The van der Waals surface area contributed by atoms with Crippen molar-refractivity contribution in [1.82, 2.24) is 0 Å². The van der Waals surface area contributed by atoms with Crippen LogP contribution < -0.4 is 0 Å². The van der Waals surface area contributed by atoms with Gasteiger partial charge in [0.15, 0.2) is 0 Å². The van der Waals surface area contributed by atoms with E-state index in [1.54, 1.807) is 18.2 Å². The number of hydrogen-bond acceptors (Lipinski definition) is 1. The molecule has 0 heterocycles. The minimum Gasteiger partial charge on any atom is -0.281 e. The summed E-state index contributed by atoms with van der Waals surface area (Å²) in [5.74, 6) is -0.418. The largest absolute Gasteiger partial charge is 0.281 e. The summed E-state index contributed by atoms with van der Waals surface area (Å²) in [6, 6.07) is 14.5. The van der Waals surface area contributed by atoms with Crippen molar-refractivity contribution < 1.29 is 4.79 Å². The molecular weight excluding hydrogens is 303 g/mol. The Morgan fingerprint density at radius 2 is 1.63 bits per heavy atom. The van der Waals surface area contributed by atoms with Gasteiger partial charge in [-0.15, -0.1) is 0 Å². The third-order valence-corrected chi connectivity index (χ3v) is 3.81. The molecule has 0 saturated carbocycles. The van der Waals surface area contributed by atoms with E-state index in [1.807, 2.05) is 30.3 Å². The molecule has 0 amide bonds. The Hall–Kier alpha value is -1.02. The van der Waals surface area contributed by atoms with Crippen LogP contribution in [-0.4, -0.2) is 5.24 Å². The number of hydrogen-bond donors (Lipinski definition) is 0. The first kappa shape index (κ1) is 14.4. The van der Waals surface area contributed by atoms with Crippen LogP contribution in [0, 0.1) is 0 Å². The van der Waals surface area contributed by atoms with Gasteiger partial charge in [0, 0.05) is 10.0 Å². The van der Waals surface area contributed by atoms with Gasteiger partial charge in [-0.2, -0.15) is 0 Å². The fourth-order valence-electron chi connectivity index (χ4n) is 1.91. The van der Waals surface area contributed by atoms with E-state index < -0.39 is 11.2 Å². The van der Waals surface area contributed by atoms with Crippen molar-refractivity contribution in [3.63, 3.8) is 0 Å². The maximum atomic E-state index is 11.6. The third kappa shape index (κ3) is 3.73. The van der Waals surface area contributed by atoms with Crippen LogP contribution in [0.4, 0.5) is 0 Å². The van der Waals surface area contributed by atoms with Crippen LogP contribution in [0.5, 0.6) is 0 Å². The van der Waals surface area contributed by atoms with E-state index in [1.165, 1.54) is 0 Å². The van der Waals surface area contributed by atoms with E-state index in [2.05, 4.69) is 0 Å². The third-order valence-electron chi connectivity index (χ3n) is 2.93. The number of rotatable bonds is 4. The molecule has 2 aromatic rings. The van der Waals surface area contributed by atoms with Gasteiger partial charge < -0.3 is 0 Å². The summed E-state index contributed by atoms with van der Waals surface area (Å²) in [5.41, 5.74) is 1.74. The minimum absolute atomic E-state index is 0.401. The zero-order valence-electron chi connectivity index (χ0n) is 9.95. The first-order valence-electron chi connectivity index (χ1n) is 5.76. The van der Waals surface area contributed by atoms with Crippen LogP contribution in [0.2, 0.25) is 10.0 Å². The topological polar surface area (TPSA) is 17.1 Å². The van der Waals surface area contributed by atoms with E-state index in [-0.39, 0.29) is 0 Å². The second kappa shape index (κ2) is 6.42. The molecule has 0 aliphatic carbocycles. The van der Waals surface area contributed by atoms with Crippen molar-refractivity contribution in [1.29, 1.82) is 0 Å². The summed E-state index contributed by atoms with van der Waals surface area (Å²) in [4.78, 5) is 11.6. The fourth-order valence-corrected chi connectivity index (χ4v) is 2.45. The number of carbonyl (C=O) groups is 1. The monoisotopic (exact) mass is 312 g/mol. The molecule has 0 radical (unpaired) electrons. The molecule has 2 aromatic carbocycles. The maximum absolute atomic E-state index is 11.6. The molecule has 0 spiro atoms. The van der Waals surface area contributed by atoms with Crippen LogP contribution in [0.3, 0.4) is 0 Å². The lowest BCUT2D eigenvalue weighted by molar-refractivity contribution is -0.113. The molecule has 1 nitrogen and oxygen atoms in total. The second-order valence-corrected chi connectivity index (χ2v) is 5.42. The number of carbonyl (C=O) groups excluding carboxylic acids is 1. The second-order valence-electron chi connectivity index (χ2n) is 4.20. The lowest BCUT2D eigenvalue weighted by Crippen LogP contribution is -2.10. The minimum atomic E-state index is -0.418. The molecular formula is C15H11Cl3O. The molecule has 0 aliphatic rings. The summed E-state index contributed by atoms with van der Waals surface area (Å²) in [6.07, 6.45) is 0.476. The van der Waals surface area contributed by atoms with Gasteiger partial charge in [0.1, 0.15) is 0 Å². The van der Waals surface area contributed by atoms with Gasteiger partial charge in [-0.25, -0.2) is 0 Å². The highest BCUT2D eigenvalue weighted by Crippen LogP contribution is 2.27. The van der Waals surface area contributed by atoms with Gasteiger partial charge >= 0.3 is 0 Å². The molecule has 0 aliphatic heterocycles. The lowest BCUT2D eigenvalue weighted by Gasteiger charge is -2.14. The van der Waals surface area contributed by atoms with E-state index in [0.717, 1.165) is 11.1 Å². The van der Waals surface area contributed by atoms with Gasteiger partial charge in [-0.1, -0.05) is 53.5 Å². The van der Waals surface area contributed by atoms with Crippen molar-refractivity contribution in [2.75, 3.05) is 0 Å². The molecule has 1 unspecified atom stereocenters. The first-order valence-corrected chi connectivity index (χ1v) is 6.89. The number of benzene rings is 2. The van der Waals surface area contributed by atoms with Crippen molar-refractivity contribution >= 4 is 40.0 Å². The van der Waals surface area contributed by atoms with Crippen LogP contribution in [0.1, 0.15) is 17.0 Å².